The average molecular weight is 231 g/mol. The van der Waals surface area contributed by atoms with Crippen LogP contribution in [0.15, 0.2) is 24.3 Å². The summed E-state index contributed by atoms with van der Waals surface area (Å²) in [4.78, 5) is 0. The van der Waals surface area contributed by atoms with Gasteiger partial charge in [-0.15, -0.1) is 10.2 Å². The van der Waals surface area contributed by atoms with Crippen molar-refractivity contribution in [1.82, 2.24) is 10.2 Å². The highest BCUT2D eigenvalue weighted by Crippen LogP contribution is 2.26. The van der Waals surface area contributed by atoms with Gasteiger partial charge in [-0.05, 0) is 43.2 Å². The topological polar surface area (TPSA) is 37.8 Å². The van der Waals surface area contributed by atoms with Gasteiger partial charge in [0.15, 0.2) is 0 Å². The van der Waals surface area contributed by atoms with Crippen molar-refractivity contribution < 1.29 is 4.39 Å². The van der Waals surface area contributed by atoms with Crippen LogP contribution in [-0.4, -0.2) is 17.2 Å². The standard InChI is InChI=1S/C13H14FN3/c1-8-6-9(2)13(10(14)7-8)11-4-5-12(15-3)17-16-11/h4-7H,1-3H3,(H,15,17). The molecule has 0 spiro atoms. The lowest BCUT2D eigenvalue weighted by Crippen LogP contribution is -1.98. The highest BCUT2D eigenvalue weighted by atomic mass is 19.1. The molecule has 0 aliphatic carbocycles. The second-order valence-corrected chi connectivity index (χ2v) is 3.99. The van der Waals surface area contributed by atoms with Crippen LogP contribution in [0.1, 0.15) is 11.1 Å². The zero-order chi connectivity index (χ0) is 12.4. The number of rotatable bonds is 2. The molecule has 1 aromatic heterocycles. The molecule has 0 amide bonds. The van der Waals surface area contributed by atoms with E-state index < -0.39 is 0 Å². The molecule has 88 valence electrons. The second kappa shape index (κ2) is 4.49. The molecular formula is C13H14FN3. The summed E-state index contributed by atoms with van der Waals surface area (Å²) in [7, 11) is 1.77. The zero-order valence-electron chi connectivity index (χ0n) is 10.1. The van der Waals surface area contributed by atoms with Gasteiger partial charge in [-0.25, -0.2) is 4.39 Å². The van der Waals surface area contributed by atoms with Crippen molar-refractivity contribution in [3.8, 4) is 11.3 Å². The first-order valence-corrected chi connectivity index (χ1v) is 5.40. The maximum absolute atomic E-state index is 13.9. The highest BCUT2D eigenvalue weighted by Gasteiger charge is 2.11. The van der Waals surface area contributed by atoms with Gasteiger partial charge in [0.2, 0.25) is 0 Å². The predicted octanol–water partition coefficient (Wildman–Crippen LogP) is 2.94. The number of benzene rings is 1. The number of hydrogen-bond donors (Lipinski definition) is 1. The van der Waals surface area contributed by atoms with Gasteiger partial charge in [0.05, 0.1) is 5.69 Å². The van der Waals surface area contributed by atoms with Gasteiger partial charge >= 0.3 is 0 Å². The summed E-state index contributed by atoms with van der Waals surface area (Å²) in [5, 5.41) is 10.8. The van der Waals surface area contributed by atoms with Crippen LogP contribution in [0.25, 0.3) is 11.3 Å². The summed E-state index contributed by atoms with van der Waals surface area (Å²) in [5.74, 6) is 0.410. The summed E-state index contributed by atoms with van der Waals surface area (Å²) in [6.07, 6.45) is 0. The van der Waals surface area contributed by atoms with Crippen LogP contribution in [-0.2, 0) is 0 Å². The number of hydrogen-bond acceptors (Lipinski definition) is 3. The first-order chi connectivity index (χ1) is 8.11. The number of aromatic nitrogens is 2. The molecule has 0 aliphatic heterocycles. The Balaban J connectivity index is 2.52. The van der Waals surface area contributed by atoms with E-state index in [1.165, 1.54) is 6.07 Å². The number of anilines is 1. The molecule has 0 aliphatic rings. The van der Waals surface area contributed by atoms with E-state index in [-0.39, 0.29) is 5.82 Å². The van der Waals surface area contributed by atoms with Gasteiger partial charge < -0.3 is 5.32 Å². The number of nitrogens with one attached hydrogen (secondary N) is 1. The first-order valence-electron chi connectivity index (χ1n) is 5.40. The molecule has 4 heteroatoms. The minimum Gasteiger partial charge on any atom is -0.372 e. The van der Waals surface area contributed by atoms with E-state index in [1.807, 2.05) is 19.9 Å². The van der Waals surface area contributed by atoms with Crippen molar-refractivity contribution in [2.75, 3.05) is 12.4 Å². The third-order valence-electron chi connectivity index (χ3n) is 2.61. The van der Waals surface area contributed by atoms with Crippen molar-refractivity contribution in [3.05, 3.63) is 41.2 Å². The van der Waals surface area contributed by atoms with Crippen molar-refractivity contribution in [2.45, 2.75) is 13.8 Å². The molecule has 0 saturated heterocycles. The molecule has 0 unspecified atom stereocenters. The summed E-state index contributed by atoms with van der Waals surface area (Å²) in [6.45, 7) is 3.74. The Morgan fingerprint density at radius 1 is 1.12 bits per heavy atom. The van der Waals surface area contributed by atoms with E-state index in [0.29, 0.717) is 17.1 Å². The number of nitrogens with zero attached hydrogens (tertiary/aromatic N) is 2. The monoisotopic (exact) mass is 231 g/mol. The summed E-state index contributed by atoms with van der Waals surface area (Å²) < 4.78 is 13.9. The molecule has 0 atom stereocenters. The predicted molar refractivity (Wildman–Crippen MR) is 66.4 cm³/mol. The lowest BCUT2D eigenvalue weighted by molar-refractivity contribution is 0.628. The van der Waals surface area contributed by atoms with Gasteiger partial charge in [-0.2, -0.15) is 0 Å². The fourth-order valence-corrected chi connectivity index (χ4v) is 1.84. The summed E-state index contributed by atoms with van der Waals surface area (Å²) in [5.41, 5.74) is 2.85. The van der Waals surface area contributed by atoms with Crippen LogP contribution >= 0.6 is 0 Å². The van der Waals surface area contributed by atoms with Crippen molar-refractivity contribution >= 4 is 5.82 Å². The molecule has 0 fully saturated rings. The molecule has 2 aromatic rings. The Kier molecular flexibility index (Phi) is 3.04. The van der Waals surface area contributed by atoms with Gasteiger partial charge in [0.25, 0.3) is 0 Å². The van der Waals surface area contributed by atoms with Gasteiger partial charge in [0, 0.05) is 12.6 Å². The Bertz CT molecular complexity index is 512. The molecule has 0 radical (unpaired) electrons. The SMILES string of the molecule is CNc1ccc(-c2c(C)cc(C)cc2F)nn1. The van der Waals surface area contributed by atoms with Crippen molar-refractivity contribution in [1.29, 1.82) is 0 Å². The van der Waals surface area contributed by atoms with Gasteiger partial charge in [-0.1, -0.05) is 6.07 Å². The van der Waals surface area contributed by atoms with Crippen LogP contribution in [0.5, 0.6) is 0 Å². The number of halogens is 1. The Hall–Kier alpha value is -1.97. The van der Waals surface area contributed by atoms with E-state index in [0.717, 1.165) is 11.1 Å². The fraction of sp³-hybridized carbons (Fsp3) is 0.231. The van der Waals surface area contributed by atoms with E-state index >= 15 is 0 Å². The molecule has 3 nitrogen and oxygen atoms in total. The van der Waals surface area contributed by atoms with Crippen LogP contribution in [0, 0.1) is 19.7 Å². The molecule has 1 aromatic carbocycles. The van der Waals surface area contributed by atoms with Crippen LogP contribution in [0.4, 0.5) is 10.2 Å². The quantitative estimate of drug-likeness (QED) is 0.863. The van der Waals surface area contributed by atoms with Crippen LogP contribution < -0.4 is 5.32 Å². The van der Waals surface area contributed by atoms with Crippen LogP contribution in [0.3, 0.4) is 0 Å². The fourth-order valence-electron chi connectivity index (χ4n) is 1.84. The first kappa shape index (κ1) is 11.5. The van der Waals surface area contributed by atoms with Crippen molar-refractivity contribution in [2.24, 2.45) is 0 Å². The molecule has 1 heterocycles. The maximum atomic E-state index is 13.9. The molecule has 0 saturated carbocycles. The second-order valence-electron chi connectivity index (χ2n) is 3.99. The van der Waals surface area contributed by atoms with Crippen LogP contribution in [0.2, 0.25) is 0 Å². The van der Waals surface area contributed by atoms with Gasteiger partial charge in [-0.3, -0.25) is 0 Å². The minimum atomic E-state index is -0.256. The average Bonchev–Trinajstić information content (AvgIpc) is 2.28. The lowest BCUT2D eigenvalue weighted by atomic mass is 10.0. The summed E-state index contributed by atoms with van der Waals surface area (Å²) >= 11 is 0. The maximum Gasteiger partial charge on any atom is 0.148 e. The highest BCUT2D eigenvalue weighted by molar-refractivity contribution is 5.65. The molecule has 17 heavy (non-hydrogen) atoms. The zero-order valence-corrected chi connectivity index (χ0v) is 10.1. The van der Waals surface area contributed by atoms with E-state index in [1.54, 1.807) is 19.2 Å². The van der Waals surface area contributed by atoms with E-state index in [4.69, 9.17) is 0 Å². The Morgan fingerprint density at radius 3 is 2.41 bits per heavy atom. The number of aryl methyl sites for hydroxylation is 2. The minimum absolute atomic E-state index is 0.256. The summed E-state index contributed by atoms with van der Waals surface area (Å²) in [6, 6.07) is 6.99. The smallest absolute Gasteiger partial charge is 0.148 e. The normalized spacial score (nSPS) is 10.4. The van der Waals surface area contributed by atoms with Crippen molar-refractivity contribution in [3.63, 3.8) is 0 Å². The Morgan fingerprint density at radius 2 is 1.88 bits per heavy atom. The molecule has 2 rings (SSSR count). The molecule has 1 N–H and O–H groups in total. The molecule has 0 bridgehead atoms. The van der Waals surface area contributed by atoms with Gasteiger partial charge in [0.1, 0.15) is 11.6 Å². The van der Waals surface area contributed by atoms with E-state index in [2.05, 4.69) is 15.5 Å². The lowest BCUT2D eigenvalue weighted by Gasteiger charge is -2.08. The van der Waals surface area contributed by atoms with E-state index in [9.17, 15) is 4.39 Å². The third kappa shape index (κ3) is 2.25. The Labute approximate surface area is 99.7 Å². The largest absolute Gasteiger partial charge is 0.372 e. The molecular weight excluding hydrogens is 217 g/mol. The third-order valence-corrected chi connectivity index (χ3v) is 2.61.